The molecule has 2 aromatic rings. The van der Waals surface area contributed by atoms with E-state index in [0.29, 0.717) is 23.8 Å². The third kappa shape index (κ3) is 4.98. The molecule has 0 radical (unpaired) electrons. The standard InChI is InChI=1S/C21H25N3O2S2/c1-3-11-22-21(27)23-19-18(20(25)26-4-2)16-10-12-24(14-17(16)28-19)13-15-8-6-5-7-9-15/h3,5-9H,1,4,10-14H2,2H3,(H2,22,23,27)/p+1. The molecule has 1 aliphatic rings. The fourth-order valence-electron chi connectivity index (χ4n) is 3.39. The summed E-state index contributed by atoms with van der Waals surface area (Å²) in [6, 6.07) is 10.5. The second-order valence-corrected chi connectivity index (χ2v) is 8.15. The minimum absolute atomic E-state index is 0.277. The van der Waals surface area contributed by atoms with Crippen molar-refractivity contribution in [2.45, 2.75) is 26.4 Å². The van der Waals surface area contributed by atoms with Gasteiger partial charge in [0.15, 0.2) is 5.11 Å². The van der Waals surface area contributed by atoms with Crippen molar-refractivity contribution < 1.29 is 14.4 Å². The van der Waals surface area contributed by atoms with E-state index in [9.17, 15) is 4.79 Å². The molecular weight excluding hydrogens is 390 g/mol. The summed E-state index contributed by atoms with van der Waals surface area (Å²) in [5.41, 5.74) is 3.08. The first kappa shape index (κ1) is 20.5. The molecule has 0 saturated heterocycles. The number of carbonyl (C=O) groups is 1. The molecule has 1 aromatic heterocycles. The van der Waals surface area contributed by atoms with Crippen molar-refractivity contribution in [2.75, 3.05) is 25.0 Å². The molecule has 5 nitrogen and oxygen atoms in total. The quantitative estimate of drug-likeness (QED) is 0.368. The molecule has 1 aromatic carbocycles. The topological polar surface area (TPSA) is 54.8 Å². The van der Waals surface area contributed by atoms with Gasteiger partial charge in [-0.25, -0.2) is 4.79 Å². The van der Waals surface area contributed by atoms with Crippen LogP contribution >= 0.6 is 23.6 Å². The minimum Gasteiger partial charge on any atom is -0.462 e. The molecule has 7 heteroatoms. The van der Waals surface area contributed by atoms with Crippen LogP contribution in [0.1, 0.15) is 33.3 Å². The van der Waals surface area contributed by atoms with Gasteiger partial charge in [0.1, 0.15) is 18.1 Å². The Morgan fingerprint density at radius 2 is 2.18 bits per heavy atom. The molecule has 1 unspecified atom stereocenters. The second-order valence-electron chi connectivity index (χ2n) is 6.64. The van der Waals surface area contributed by atoms with Crippen molar-refractivity contribution in [1.82, 2.24) is 5.32 Å². The van der Waals surface area contributed by atoms with E-state index in [-0.39, 0.29) is 5.97 Å². The van der Waals surface area contributed by atoms with Crippen LogP contribution in [-0.2, 0) is 24.2 Å². The summed E-state index contributed by atoms with van der Waals surface area (Å²) >= 11 is 6.95. The van der Waals surface area contributed by atoms with E-state index in [4.69, 9.17) is 17.0 Å². The van der Waals surface area contributed by atoms with Gasteiger partial charge in [-0.05, 0) is 24.7 Å². The number of benzene rings is 1. The van der Waals surface area contributed by atoms with Crippen LogP contribution in [0.4, 0.5) is 5.00 Å². The van der Waals surface area contributed by atoms with E-state index in [2.05, 4.69) is 41.5 Å². The molecular formula is C21H26N3O2S2+. The number of thiophene rings is 1. The summed E-state index contributed by atoms with van der Waals surface area (Å²) in [6.45, 7) is 9.30. The van der Waals surface area contributed by atoms with Crippen LogP contribution in [-0.4, -0.2) is 30.8 Å². The molecule has 1 aliphatic heterocycles. The van der Waals surface area contributed by atoms with Crippen molar-refractivity contribution in [3.63, 3.8) is 0 Å². The van der Waals surface area contributed by atoms with Gasteiger partial charge in [-0.3, -0.25) is 0 Å². The zero-order valence-electron chi connectivity index (χ0n) is 16.0. The van der Waals surface area contributed by atoms with Gasteiger partial charge >= 0.3 is 5.97 Å². The average molecular weight is 417 g/mol. The van der Waals surface area contributed by atoms with E-state index >= 15 is 0 Å². The molecule has 0 spiro atoms. The third-order valence-electron chi connectivity index (χ3n) is 4.64. The SMILES string of the molecule is C=CCNC(=S)Nc1sc2c(c1C(=O)OCC)CC[NH+](Cc1ccccc1)C2. The van der Waals surface area contributed by atoms with E-state index < -0.39 is 0 Å². The lowest BCUT2D eigenvalue weighted by atomic mass is 10.0. The van der Waals surface area contributed by atoms with Gasteiger partial charge in [0, 0.05) is 18.5 Å². The number of rotatable bonds is 7. The number of nitrogens with one attached hydrogen (secondary N) is 3. The van der Waals surface area contributed by atoms with Crippen molar-refractivity contribution in [2.24, 2.45) is 0 Å². The fraction of sp³-hybridized carbons (Fsp3) is 0.333. The molecule has 3 rings (SSSR count). The summed E-state index contributed by atoms with van der Waals surface area (Å²) in [4.78, 5) is 15.3. The predicted octanol–water partition coefficient (Wildman–Crippen LogP) is 2.54. The smallest absolute Gasteiger partial charge is 0.341 e. The average Bonchev–Trinajstić information content (AvgIpc) is 3.04. The van der Waals surface area contributed by atoms with Crippen LogP contribution in [0.3, 0.4) is 0 Å². The van der Waals surface area contributed by atoms with Crippen LogP contribution in [0.5, 0.6) is 0 Å². The highest BCUT2D eigenvalue weighted by Gasteiger charge is 2.31. The number of carbonyl (C=O) groups excluding carboxylic acids is 1. The Labute approximate surface area is 175 Å². The largest absolute Gasteiger partial charge is 0.462 e. The zero-order valence-corrected chi connectivity index (χ0v) is 17.7. The molecule has 0 bridgehead atoms. The van der Waals surface area contributed by atoms with Gasteiger partial charge in [-0.1, -0.05) is 36.4 Å². The second kappa shape index (κ2) is 9.82. The highest BCUT2D eigenvalue weighted by atomic mass is 32.1. The van der Waals surface area contributed by atoms with Crippen molar-refractivity contribution in [1.29, 1.82) is 0 Å². The third-order valence-corrected chi connectivity index (χ3v) is 6.03. The van der Waals surface area contributed by atoms with Gasteiger partial charge in [-0.2, -0.15) is 0 Å². The van der Waals surface area contributed by atoms with Gasteiger partial charge in [-0.15, -0.1) is 17.9 Å². The Bertz CT molecular complexity index is 849. The van der Waals surface area contributed by atoms with Gasteiger partial charge in [0.05, 0.1) is 23.6 Å². The molecule has 0 aliphatic carbocycles. The number of hydrogen-bond donors (Lipinski definition) is 3. The van der Waals surface area contributed by atoms with Crippen LogP contribution in [0.25, 0.3) is 0 Å². The highest BCUT2D eigenvalue weighted by molar-refractivity contribution is 7.80. The molecule has 0 saturated carbocycles. The number of esters is 1. The maximum atomic E-state index is 12.6. The van der Waals surface area contributed by atoms with Crippen molar-refractivity contribution in [3.8, 4) is 0 Å². The summed E-state index contributed by atoms with van der Waals surface area (Å²) in [5.74, 6) is -0.277. The number of fused-ring (bicyclic) bond motifs is 1. The van der Waals surface area contributed by atoms with Crippen LogP contribution in [0.15, 0.2) is 43.0 Å². The highest BCUT2D eigenvalue weighted by Crippen LogP contribution is 2.35. The van der Waals surface area contributed by atoms with E-state index in [0.717, 1.165) is 36.6 Å². The van der Waals surface area contributed by atoms with Crippen molar-refractivity contribution in [3.05, 3.63) is 64.6 Å². The zero-order chi connectivity index (χ0) is 19.9. The lowest BCUT2D eigenvalue weighted by molar-refractivity contribution is -0.929. The first-order valence-corrected chi connectivity index (χ1v) is 10.7. The van der Waals surface area contributed by atoms with Crippen molar-refractivity contribution >= 4 is 39.6 Å². The number of hydrogen-bond acceptors (Lipinski definition) is 4. The number of ether oxygens (including phenoxy) is 1. The minimum atomic E-state index is -0.277. The van der Waals surface area contributed by atoms with E-state index in [1.165, 1.54) is 15.3 Å². The molecule has 3 N–H and O–H groups in total. The Kier molecular flexibility index (Phi) is 7.19. The van der Waals surface area contributed by atoms with Gasteiger partial charge < -0.3 is 20.3 Å². The summed E-state index contributed by atoms with van der Waals surface area (Å²) < 4.78 is 5.32. The lowest BCUT2D eigenvalue weighted by Gasteiger charge is -2.24. The fourth-order valence-corrected chi connectivity index (χ4v) is 4.95. The number of thiocarbonyl (C=S) groups is 1. The van der Waals surface area contributed by atoms with Crippen LogP contribution in [0, 0.1) is 0 Å². The number of quaternary nitrogens is 1. The molecule has 1 atom stereocenters. The summed E-state index contributed by atoms with van der Waals surface area (Å²) in [7, 11) is 0. The Balaban J connectivity index is 1.81. The van der Waals surface area contributed by atoms with Gasteiger partial charge in [0.25, 0.3) is 0 Å². The number of anilines is 1. The maximum absolute atomic E-state index is 12.6. The molecule has 28 heavy (non-hydrogen) atoms. The van der Waals surface area contributed by atoms with E-state index in [1.54, 1.807) is 17.4 Å². The predicted molar refractivity (Wildman–Crippen MR) is 118 cm³/mol. The Morgan fingerprint density at radius 1 is 1.39 bits per heavy atom. The van der Waals surface area contributed by atoms with E-state index in [1.807, 2.05) is 13.0 Å². The first-order chi connectivity index (χ1) is 13.6. The first-order valence-electron chi connectivity index (χ1n) is 9.47. The molecule has 148 valence electrons. The molecule has 0 amide bonds. The van der Waals surface area contributed by atoms with Crippen LogP contribution < -0.4 is 15.5 Å². The maximum Gasteiger partial charge on any atom is 0.341 e. The molecule has 0 fully saturated rings. The van der Waals surface area contributed by atoms with Crippen LogP contribution in [0.2, 0.25) is 0 Å². The summed E-state index contributed by atoms with van der Waals surface area (Å²) in [5, 5.41) is 7.49. The van der Waals surface area contributed by atoms with Gasteiger partial charge in [0.2, 0.25) is 0 Å². The Hall–Kier alpha value is -2.22. The normalized spacial score (nSPS) is 15.4. The summed E-state index contributed by atoms with van der Waals surface area (Å²) in [6.07, 6.45) is 2.60. The molecule has 2 heterocycles. The monoisotopic (exact) mass is 416 g/mol. The lowest BCUT2D eigenvalue weighted by Crippen LogP contribution is -3.10. The Morgan fingerprint density at radius 3 is 2.89 bits per heavy atom.